The van der Waals surface area contributed by atoms with Crippen LogP contribution in [-0.4, -0.2) is 29.1 Å². The van der Waals surface area contributed by atoms with Gasteiger partial charge in [0.05, 0.1) is 11.6 Å². The van der Waals surface area contributed by atoms with Gasteiger partial charge in [0.1, 0.15) is 5.69 Å². The lowest BCUT2D eigenvalue weighted by molar-refractivity contribution is -0.757. The first kappa shape index (κ1) is 15.6. The lowest BCUT2D eigenvalue weighted by Crippen LogP contribution is -2.25. The van der Waals surface area contributed by atoms with Crippen molar-refractivity contribution in [1.82, 2.24) is 10.3 Å². The highest BCUT2D eigenvalue weighted by atomic mass is 35.5. The van der Waals surface area contributed by atoms with Gasteiger partial charge in [0.25, 0.3) is 11.0 Å². The molecule has 96 valence electrons. The van der Waals surface area contributed by atoms with E-state index < -0.39 is 5.09 Å². The first-order valence-corrected chi connectivity index (χ1v) is 5.45. The van der Waals surface area contributed by atoms with Crippen molar-refractivity contribution in [2.75, 3.05) is 13.2 Å². The Morgan fingerprint density at radius 1 is 1.71 bits per heavy atom. The van der Waals surface area contributed by atoms with Crippen LogP contribution in [0.2, 0.25) is 0 Å². The summed E-state index contributed by atoms with van der Waals surface area (Å²) < 4.78 is 0. The van der Waals surface area contributed by atoms with Gasteiger partial charge in [0.15, 0.2) is 0 Å². The van der Waals surface area contributed by atoms with Crippen molar-refractivity contribution in [2.24, 2.45) is 0 Å². The molecule has 0 bridgehead atoms. The molecule has 1 amide bonds. The van der Waals surface area contributed by atoms with Crippen molar-refractivity contribution >= 4 is 29.7 Å². The number of hydrogen-bond donors (Lipinski definition) is 1. The Labute approximate surface area is 108 Å². The van der Waals surface area contributed by atoms with E-state index in [4.69, 9.17) is 0 Å². The van der Waals surface area contributed by atoms with Gasteiger partial charge in [0.2, 0.25) is 0 Å². The zero-order valence-electron chi connectivity index (χ0n) is 9.04. The normalized spacial score (nSPS) is 9.24. The fourth-order valence-corrected chi connectivity index (χ4v) is 1.56. The number of amides is 1. The minimum absolute atomic E-state index is 0. The highest BCUT2D eigenvalue weighted by molar-refractivity contribution is 7.09. The molecule has 1 rings (SSSR count). The van der Waals surface area contributed by atoms with E-state index in [2.05, 4.69) is 15.1 Å². The molecule has 0 aliphatic rings. The van der Waals surface area contributed by atoms with Crippen molar-refractivity contribution in [3.63, 3.8) is 0 Å². The SMILES string of the molecule is Cc1nc(C(=O)NCCCO[N+](=O)[O-])cs1.Cl. The molecule has 9 heteroatoms. The second kappa shape index (κ2) is 7.80. The zero-order chi connectivity index (χ0) is 12.0. The summed E-state index contributed by atoms with van der Waals surface area (Å²) in [5.41, 5.74) is 0.373. The molecule has 1 N–H and O–H groups in total. The van der Waals surface area contributed by atoms with E-state index in [0.29, 0.717) is 18.7 Å². The molecule has 17 heavy (non-hydrogen) atoms. The molecule has 1 aromatic heterocycles. The molecule has 1 heterocycles. The summed E-state index contributed by atoms with van der Waals surface area (Å²) in [5.74, 6) is -0.273. The Morgan fingerprint density at radius 2 is 2.41 bits per heavy atom. The third-order valence-corrected chi connectivity index (χ3v) is 2.43. The predicted molar refractivity (Wildman–Crippen MR) is 64.0 cm³/mol. The summed E-state index contributed by atoms with van der Waals surface area (Å²) in [6, 6.07) is 0. The second-order valence-electron chi connectivity index (χ2n) is 2.92. The standard InChI is InChI=1S/C8H11N3O4S.ClH/c1-6-10-7(5-16-6)8(12)9-3-2-4-15-11(13)14;/h5H,2-4H2,1H3,(H,9,12);1H. The van der Waals surface area contributed by atoms with Crippen LogP contribution in [0.5, 0.6) is 0 Å². The molecular formula is C8H12ClN3O4S. The number of nitrogens with zero attached hydrogens (tertiary/aromatic N) is 2. The van der Waals surface area contributed by atoms with E-state index in [0.717, 1.165) is 5.01 Å². The van der Waals surface area contributed by atoms with Gasteiger partial charge in [-0.3, -0.25) is 4.79 Å². The lowest BCUT2D eigenvalue weighted by Gasteiger charge is -2.01. The molecule has 0 atom stereocenters. The summed E-state index contributed by atoms with van der Waals surface area (Å²) in [6.45, 7) is 2.11. The molecule has 0 aliphatic carbocycles. The number of nitrogens with one attached hydrogen (secondary N) is 1. The van der Waals surface area contributed by atoms with Crippen LogP contribution in [0.25, 0.3) is 0 Å². The van der Waals surface area contributed by atoms with E-state index in [1.54, 1.807) is 5.38 Å². The number of rotatable bonds is 6. The van der Waals surface area contributed by atoms with Crippen LogP contribution in [0.15, 0.2) is 5.38 Å². The maximum Gasteiger partial charge on any atom is 0.294 e. The fraction of sp³-hybridized carbons (Fsp3) is 0.500. The first-order chi connectivity index (χ1) is 7.59. The summed E-state index contributed by atoms with van der Waals surface area (Å²) in [5, 5.41) is 14.0. The maximum absolute atomic E-state index is 11.4. The molecular weight excluding hydrogens is 270 g/mol. The minimum atomic E-state index is -0.856. The van der Waals surface area contributed by atoms with Crippen LogP contribution in [0.4, 0.5) is 0 Å². The monoisotopic (exact) mass is 281 g/mol. The highest BCUT2D eigenvalue weighted by Crippen LogP contribution is 2.07. The van der Waals surface area contributed by atoms with Crippen molar-refractivity contribution in [3.8, 4) is 0 Å². The Balaban J connectivity index is 0.00000256. The first-order valence-electron chi connectivity index (χ1n) is 4.57. The van der Waals surface area contributed by atoms with Gasteiger partial charge in [-0.1, -0.05) is 0 Å². The Bertz CT molecular complexity index is 385. The summed E-state index contributed by atoms with van der Waals surface area (Å²) in [6.07, 6.45) is 0.385. The van der Waals surface area contributed by atoms with Gasteiger partial charge >= 0.3 is 0 Å². The van der Waals surface area contributed by atoms with Crippen LogP contribution in [-0.2, 0) is 4.84 Å². The van der Waals surface area contributed by atoms with Crippen molar-refractivity contribution in [2.45, 2.75) is 13.3 Å². The Kier molecular flexibility index (Phi) is 7.15. The van der Waals surface area contributed by atoms with Crippen LogP contribution in [0.1, 0.15) is 21.9 Å². The molecule has 0 saturated carbocycles. The van der Waals surface area contributed by atoms with E-state index in [9.17, 15) is 14.9 Å². The van der Waals surface area contributed by atoms with Crippen molar-refractivity contribution < 1.29 is 14.7 Å². The van der Waals surface area contributed by atoms with Crippen LogP contribution < -0.4 is 5.32 Å². The van der Waals surface area contributed by atoms with Gasteiger partial charge in [-0.05, 0) is 13.3 Å². The number of hydrogen-bond acceptors (Lipinski definition) is 6. The highest BCUT2D eigenvalue weighted by Gasteiger charge is 2.07. The quantitative estimate of drug-likeness (QED) is 0.480. The van der Waals surface area contributed by atoms with E-state index >= 15 is 0 Å². The number of aryl methyl sites for hydroxylation is 1. The van der Waals surface area contributed by atoms with Gasteiger partial charge < -0.3 is 10.2 Å². The fourth-order valence-electron chi connectivity index (χ4n) is 0.971. The molecule has 0 fully saturated rings. The summed E-state index contributed by atoms with van der Waals surface area (Å²) in [4.78, 5) is 29.3. The lowest BCUT2D eigenvalue weighted by atomic mass is 10.4. The third-order valence-electron chi connectivity index (χ3n) is 1.66. The van der Waals surface area contributed by atoms with Gasteiger partial charge in [0, 0.05) is 11.9 Å². The minimum Gasteiger partial charge on any atom is -0.351 e. The molecule has 7 nitrogen and oxygen atoms in total. The van der Waals surface area contributed by atoms with Crippen molar-refractivity contribution in [3.05, 3.63) is 26.2 Å². The summed E-state index contributed by atoms with van der Waals surface area (Å²) in [7, 11) is 0. The number of halogens is 1. The largest absolute Gasteiger partial charge is 0.351 e. The second-order valence-corrected chi connectivity index (χ2v) is 3.98. The van der Waals surface area contributed by atoms with Gasteiger partial charge in [-0.25, -0.2) is 4.98 Å². The average Bonchev–Trinajstić information content (AvgIpc) is 2.63. The van der Waals surface area contributed by atoms with E-state index in [1.807, 2.05) is 6.92 Å². The van der Waals surface area contributed by atoms with Crippen LogP contribution in [0.3, 0.4) is 0 Å². The summed E-state index contributed by atoms with van der Waals surface area (Å²) >= 11 is 1.39. The molecule has 0 unspecified atom stereocenters. The van der Waals surface area contributed by atoms with E-state index in [-0.39, 0.29) is 24.9 Å². The van der Waals surface area contributed by atoms with Crippen LogP contribution in [0, 0.1) is 17.0 Å². The molecule has 0 spiro atoms. The molecule has 0 aliphatic heterocycles. The van der Waals surface area contributed by atoms with Gasteiger partial charge in [-0.2, -0.15) is 0 Å². The average molecular weight is 282 g/mol. The smallest absolute Gasteiger partial charge is 0.294 e. The zero-order valence-corrected chi connectivity index (χ0v) is 10.7. The Hall–Kier alpha value is -1.41. The number of carbonyl (C=O) groups excluding carboxylic acids is 1. The molecule has 0 saturated heterocycles. The predicted octanol–water partition coefficient (Wildman–Crippen LogP) is 1.20. The van der Waals surface area contributed by atoms with Gasteiger partial charge in [-0.15, -0.1) is 33.9 Å². The molecule has 0 radical (unpaired) electrons. The third kappa shape index (κ3) is 6.03. The number of thiazole rings is 1. The topological polar surface area (TPSA) is 94.4 Å². The van der Waals surface area contributed by atoms with Crippen molar-refractivity contribution in [1.29, 1.82) is 0 Å². The van der Waals surface area contributed by atoms with Crippen LogP contribution >= 0.6 is 23.7 Å². The molecule has 0 aromatic carbocycles. The molecule has 1 aromatic rings. The number of carbonyl (C=O) groups is 1. The Morgan fingerprint density at radius 3 is 2.94 bits per heavy atom. The number of aromatic nitrogens is 1. The van der Waals surface area contributed by atoms with E-state index in [1.165, 1.54) is 11.3 Å². The maximum atomic E-state index is 11.4.